The fourth-order valence-corrected chi connectivity index (χ4v) is 0.268. The predicted octanol–water partition coefficient (Wildman–Crippen LogP) is 1.87. The van der Waals surface area contributed by atoms with Crippen LogP contribution in [0.1, 0.15) is 0 Å². The van der Waals surface area contributed by atoms with Crippen LogP contribution in [0, 0.1) is 0 Å². The van der Waals surface area contributed by atoms with E-state index in [0.29, 0.717) is 0 Å². The summed E-state index contributed by atoms with van der Waals surface area (Å²) in [4.78, 5) is 10.1. The lowest BCUT2D eigenvalue weighted by Crippen LogP contribution is -2.22. The van der Waals surface area contributed by atoms with Crippen molar-refractivity contribution in [1.82, 2.24) is 0 Å². The van der Waals surface area contributed by atoms with E-state index in [2.05, 4.69) is 11.3 Å². The molecule has 0 saturated heterocycles. The molecule has 0 saturated carbocycles. The fraction of sp³-hybridized carbons (Fsp3) is 0.400. The molecule has 0 aromatic carbocycles. The number of alkyl halides is 5. The minimum atomic E-state index is -5.04. The minimum absolute atomic E-state index is 1.96. The molecule has 0 spiro atoms. The maximum absolute atomic E-state index is 11.5. The zero-order chi connectivity index (χ0) is 9.94. The molecule has 0 bridgehead atoms. The highest BCUT2D eigenvalue weighted by Crippen LogP contribution is 2.25. The summed E-state index contributed by atoms with van der Waals surface area (Å²) in [7, 11) is 0. The lowest BCUT2D eigenvalue weighted by Gasteiger charge is -2.08. The Morgan fingerprint density at radius 3 is 2.00 bits per heavy atom. The summed E-state index contributed by atoms with van der Waals surface area (Å²) in [5, 5.41) is 0. The van der Waals surface area contributed by atoms with Crippen LogP contribution in [0.3, 0.4) is 0 Å². The summed E-state index contributed by atoms with van der Waals surface area (Å²) in [6.07, 6.45) is -5.04. The lowest BCUT2D eigenvalue weighted by molar-refractivity contribution is -0.179. The van der Waals surface area contributed by atoms with Crippen molar-refractivity contribution in [3.8, 4) is 0 Å². The van der Waals surface area contributed by atoms with Gasteiger partial charge in [0.05, 0.1) is 0 Å². The number of carbonyl (C=O) groups is 1. The molecule has 0 heterocycles. The molecule has 0 aromatic rings. The zero-order valence-electron chi connectivity index (χ0n) is 5.49. The number of halogens is 5. The molecule has 0 aliphatic rings. The smallest absolute Gasteiger partial charge is 0.399 e. The number of rotatable bonds is 2. The van der Waals surface area contributed by atoms with Crippen LogP contribution in [0.4, 0.5) is 22.0 Å². The molecule has 0 fully saturated rings. The summed E-state index contributed by atoms with van der Waals surface area (Å²) < 4.78 is 59.8. The highest BCUT2D eigenvalue weighted by atomic mass is 19.4. The molecule has 0 radical (unpaired) electrons. The van der Waals surface area contributed by atoms with E-state index in [-0.39, 0.29) is 0 Å². The van der Waals surface area contributed by atoms with Crippen molar-refractivity contribution >= 4 is 5.97 Å². The van der Waals surface area contributed by atoms with Gasteiger partial charge in [-0.25, -0.2) is 4.79 Å². The Hall–Kier alpha value is -1.14. The summed E-state index contributed by atoms with van der Waals surface area (Å²) in [5.41, 5.74) is -1.96. The van der Waals surface area contributed by atoms with Crippen LogP contribution in [0.25, 0.3) is 0 Å². The van der Waals surface area contributed by atoms with E-state index < -0.39 is 24.3 Å². The SMILES string of the molecule is C=C(C(=O)OC(F)F)C(F)(F)F. The average molecular weight is 190 g/mol. The average Bonchev–Trinajstić information content (AvgIpc) is 1.82. The van der Waals surface area contributed by atoms with Crippen molar-refractivity contribution in [2.24, 2.45) is 0 Å². The van der Waals surface area contributed by atoms with Crippen LogP contribution >= 0.6 is 0 Å². The largest absolute Gasteiger partial charge is 0.422 e. The summed E-state index contributed by atoms with van der Waals surface area (Å²) in [6.45, 7) is -1.33. The van der Waals surface area contributed by atoms with Gasteiger partial charge in [-0.15, -0.1) is 0 Å². The molecule has 0 aromatic heterocycles. The molecule has 0 unspecified atom stereocenters. The fourth-order valence-electron chi connectivity index (χ4n) is 0.268. The normalized spacial score (nSPS) is 11.5. The molecule has 0 aliphatic carbocycles. The van der Waals surface area contributed by atoms with Crippen LogP contribution in [0.2, 0.25) is 0 Å². The first-order valence-electron chi connectivity index (χ1n) is 2.50. The first kappa shape index (κ1) is 10.9. The van der Waals surface area contributed by atoms with Gasteiger partial charge in [-0.3, -0.25) is 0 Å². The molecule has 7 heteroatoms. The topological polar surface area (TPSA) is 26.3 Å². The van der Waals surface area contributed by atoms with E-state index in [1.165, 1.54) is 0 Å². The Labute approximate surface area is 63.6 Å². The van der Waals surface area contributed by atoms with Gasteiger partial charge in [-0.05, 0) is 0 Å². The highest BCUT2D eigenvalue weighted by Gasteiger charge is 2.38. The number of hydrogen-bond acceptors (Lipinski definition) is 2. The van der Waals surface area contributed by atoms with E-state index in [1.807, 2.05) is 0 Å². The molecule has 0 amide bonds. The zero-order valence-corrected chi connectivity index (χ0v) is 5.49. The van der Waals surface area contributed by atoms with Crippen molar-refractivity contribution in [3.05, 3.63) is 12.2 Å². The first-order chi connectivity index (χ1) is 5.25. The third-order valence-electron chi connectivity index (χ3n) is 0.785. The molecule has 0 N–H and O–H groups in total. The monoisotopic (exact) mass is 190 g/mol. The molecule has 12 heavy (non-hydrogen) atoms. The highest BCUT2D eigenvalue weighted by molar-refractivity contribution is 5.89. The molecule has 70 valence electrons. The summed E-state index contributed by atoms with van der Waals surface area (Å²) in [6, 6.07) is 0. The predicted molar refractivity (Wildman–Crippen MR) is 27.3 cm³/mol. The van der Waals surface area contributed by atoms with Gasteiger partial charge in [0.2, 0.25) is 0 Å². The van der Waals surface area contributed by atoms with Gasteiger partial charge in [0.1, 0.15) is 5.57 Å². The second-order valence-electron chi connectivity index (χ2n) is 1.64. The van der Waals surface area contributed by atoms with Crippen molar-refractivity contribution in [1.29, 1.82) is 0 Å². The molecule has 0 rings (SSSR count). The molecule has 2 nitrogen and oxygen atoms in total. The Bertz CT molecular complexity index is 195. The van der Waals surface area contributed by atoms with Gasteiger partial charge in [0.25, 0.3) is 0 Å². The van der Waals surface area contributed by atoms with E-state index in [0.717, 1.165) is 0 Å². The third kappa shape index (κ3) is 3.31. The lowest BCUT2D eigenvalue weighted by atomic mass is 10.3. The Morgan fingerprint density at radius 2 is 1.75 bits per heavy atom. The van der Waals surface area contributed by atoms with E-state index >= 15 is 0 Å². The van der Waals surface area contributed by atoms with Gasteiger partial charge >= 0.3 is 18.8 Å². The summed E-state index contributed by atoms with van der Waals surface area (Å²) >= 11 is 0. The minimum Gasteiger partial charge on any atom is -0.399 e. The van der Waals surface area contributed by atoms with Crippen LogP contribution in [0.15, 0.2) is 12.2 Å². The van der Waals surface area contributed by atoms with Gasteiger partial charge in [-0.1, -0.05) is 6.58 Å². The van der Waals surface area contributed by atoms with Crippen molar-refractivity contribution < 1.29 is 31.5 Å². The molecule has 0 atom stereocenters. The number of esters is 1. The Morgan fingerprint density at radius 1 is 1.33 bits per heavy atom. The molecule has 0 aliphatic heterocycles. The molecular formula is C5H3F5O2. The van der Waals surface area contributed by atoms with Crippen LogP contribution in [0.5, 0.6) is 0 Å². The van der Waals surface area contributed by atoms with Gasteiger partial charge in [-0.2, -0.15) is 22.0 Å². The first-order valence-corrected chi connectivity index (χ1v) is 2.50. The maximum Gasteiger partial charge on any atom is 0.422 e. The Kier molecular flexibility index (Phi) is 3.17. The molecular weight excluding hydrogens is 187 g/mol. The third-order valence-corrected chi connectivity index (χ3v) is 0.785. The number of carbonyl (C=O) groups excluding carboxylic acids is 1. The maximum atomic E-state index is 11.5. The summed E-state index contributed by atoms with van der Waals surface area (Å²) in [5.74, 6) is -2.17. The van der Waals surface area contributed by atoms with Gasteiger partial charge in [0, 0.05) is 0 Å². The second kappa shape index (κ2) is 3.51. The number of hydrogen-bond donors (Lipinski definition) is 0. The van der Waals surface area contributed by atoms with Crippen LogP contribution in [-0.4, -0.2) is 18.8 Å². The Balaban J connectivity index is 4.22. The quantitative estimate of drug-likeness (QED) is 0.377. The van der Waals surface area contributed by atoms with E-state index in [1.54, 1.807) is 0 Å². The van der Waals surface area contributed by atoms with Crippen LogP contribution in [-0.2, 0) is 9.53 Å². The van der Waals surface area contributed by atoms with Crippen LogP contribution < -0.4 is 0 Å². The number of ether oxygens (including phenoxy) is 1. The second-order valence-corrected chi connectivity index (χ2v) is 1.64. The van der Waals surface area contributed by atoms with E-state index in [4.69, 9.17) is 0 Å². The van der Waals surface area contributed by atoms with Gasteiger partial charge in [0.15, 0.2) is 0 Å². The van der Waals surface area contributed by atoms with Gasteiger partial charge < -0.3 is 4.74 Å². The standard InChI is InChI=1S/C5H3F5O2/c1-2(5(8,9)10)3(11)12-4(6)7/h4H,1H2. The van der Waals surface area contributed by atoms with Crippen molar-refractivity contribution in [2.45, 2.75) is 12.8 Å². The van der Waals surface area contributed by atoms with E-state index in [9.17, 15) is 26.7 Å². The van der Waals surface area contributed by atoms with Crippen molar-refractivity contribution in [2.75, 3.05) is 0 Å². The van der Waals surface area contributed by atoms with Crippen molar-refractivity contribution in [3.63, 3.8) is 0 Å².